The summed E-state index contributed by atoms with van der Waals surface area (Å²) in [5.74, 6) is -0.0906. The lowest BCUT2D eigenvalue weighted by Gasteiger charge is -2.13. The van der Waals surface area contributed by atoms with Crippen LogP contribution in [0, 0.1) is 10.4 Å². The number of amides is 2. The maximum Gasteiger partial charge on any atom is 0.469 e. The van der Waals surface area contributed by atoms with Crippen molar-refractivity contribution in [1.82, 2.24) is 5.10 Å². The summed E-state index contributed by atoms with van der Waals surface area (Å²) in [6.07, 6.45) is 0.634. The number of nitrogens with two attached hydrogens (primary N) is 1. The minimum absolute atomic E-state index is 0.0661. The summed E-state index contributed by atoms with van der Waals surface area (Å²) in [6.45, 7) is 0.820. The minimum Gasteiger partial charge on any atom is -0.739 e. The molecule has 0 unspecified atom stereocenters. The Labute approximate surface area is 164 Å². The van der Waals surface area contributed by atoms with Gasteiger partial charge in [0.25, 0.3) is 5.52 Å². The summed E-state index contributed by atoms with van der Waals surface area (Å²) in [5.41, 5.74) is 5.87. The van der Waals surface area contributed by atoms with Gasteiger partial charge in [-0.2, -0.15) is 5.32 Å². The number of nitrogens with zero attached hydrogens (tertiary/aromatic N) is 3. The van der Waals surface area contributed by atoms with Gasteiger partial charge in [0.15, 0.2) is 5.52 Å². The van der Waals surface area contributed by atoms with Gasteiger partial charge in [0, 0.05) is 15.9 Å². The number of aromatic nitrogens is 3. The standard InChI is InChI=1S/C17H17ClN6O4/c18-11-6-7-15(28-9-3-8-19)12(10-11)20-17(25)21-16-22-24(27)14-5-2-1-4-13(14)23(16)26/h1-2,4-7,10H,3,8-9,19H2,(H2,20,21,22,25). The molecule has 0 radical (unpaired) electrons. The molecule has 10 nitrogen and oxygen atoms in total. The molecule has 0 aliphatic rings. The van der Waals surface area contributed by atoms with Gasteiger partial charge >= 0.3 is 12.0 Å². The van der Waals surface area contributed by atoms with Crippen molar-refractivity contribution >= 4 is 40.3 Å². The van der Waals surface area contributed by atoms with Crippen LogP contribution in [0.25, 0.3) is 11.0 Å². The van der Waals surface area contributed by atoms with Gasteiger partial charge in [-0.3, -0.25) is 5.32 Å². The number of fused-ring (bicyclic) bond motifs is 1. The number of benzene rings is 2. The number of urea groups is 1. The number of ether oxygens (including phenoxy) is 1. The first-order valence-electron chi connectivity index (χ1n) is 8.32. The van der Waals surface area contributed by atoms with Crippen molar-refractivity contribution in [2.45, 2.75) is 6.42 Å². The smallest absolute Gasteiger partial charge is 0.469 e. The number of para-hydroxylation sites is 2. The van der Waals surface area contributed by atoms with Gasteiger partial charge in [-0.1, -0.05) is 23.7 Å². The maximum absolute atomic E-state index is 12.4. The fraction of sp³-hybridized carbons (Fsp3) is 0.176. The molecule has 1 aromatic heterocycles. The summed E-state index contributed by atoms with van der Waals surface area (Å²) in [7, 11) is 0. The number of carbonyl (C=O) groups excluding carboxylic acids is 1. The molecular weight excluding hydrogens is 388 g/mol. The Hall–Kier alpha value is -3.37. The first-order valence-corrected chi connectivity index (χ1v) is 8.70. The highest BCUT2D eigenvalue weighted by molar-refractivity contribution is 6.31. The molecule has 146 valence electrons. The van der Waals surface area contributed by atoms with Crippen molar-refractivity contribution in [1.29, 1.82) is 0 Å². The summed E-state index contributed by atoms with van der Waals surface area (Å²) in [6, 6.07) is 10.00. The van der Waals surface area contributed by atoms with E-state index in [1.165, 1.54) is 18.2 Å². The lowest BCUT2D eigenvalue weighted by Crippen LogP contribution is -2.45. The van der Waals surface area contributed by atoms with Crippen molar-refractivity contribution in [3.05, 3.63) is 57.9 Å². The quantitative estimate of drug-likeness (QED) is 0.323. The highest BCUT2D eigenvalue weighted by atomic mass is 35.5. The van der Waals surface area contributed by atoms with Crippen molar-refractivity contribution in [2.75, 3.05) is 23.8 Å². The lowest BCUT2D eigenvalue weighted by molar-refractivity contribution is -0.672. The molecule has 2 amide bonds. The van der Waals surface area contributed by atoms with E-state index in [1.807, 2.05) is 0 Å². The molecule has 0 bridgehead atoms. The number of carbonyl (C=O) groups is 1. The topological polar surface area (TPSA) is 143 Å². The van der Waals surface area contributed by atoms with E-state index < -0.39 is 12.0 Å². The van der Waals surface area contributed by atoms with E-state index in [0.29, 0.717) is 35.1 Å². The highest BCUT2D eigenvalue weighted by Crippen LogP contribution is 2.28. The second kappa shape index (κ2) is 8.55. The highest BCUT2D eigenvalue weighted by Gasteiger charge is 2.23. The van der Waals surface area contributed by atoms with Crippen molar-refractivity contribution in [2.24, 2.45) is 5.73 Å². The van der Waals surface area contributed by atoms with E-state index in [0.717, 1.165) is 0 Å². The van der Waals surface area contributed by atoms with Gasteiger partial charge in [0.1, 0.15) is 5.75 Å². The first kappa shape index (κ1) is 19.4. The molecule has 4 N–H and O–H groups in total. The van der Waals surface area contributed by atoms with E-state index in [9.17, 15) is 15.2 Å². The summed E-state index contributed by atoms with van der Waals surface area (Å²) in [5, 5.41) is 33.0. The third-order valence-corrected chi connectivity index (χ3v) is 3.94. The molecule has 1 heterocycles. The zero-order valence-electron chi connectivity index (χ0n) is 14.6. The first-order chi connectivity index (χ1) is 13.5. The van der Waals surface area contributed by atoms with E-state index in [4.69, 9.17) is 22.1 Å². The number of rotatable bonds is 6. The molecule has 28 heavy (non-hydrogen) atoms. The van der Waals surface area contributed by atoms with Gasteiger partial charge in [-0.15, -0.1) is 0 Å². The number of halogens is 1. The van der Waals surface area contributed by atoms with E-state index in [2.05, 4.69) is 15.7 Å². The Balaban J connectivity index is 1.80. The van der Waals surface area contributed by atoms with Gasteiger partial charge in [-0.05, 0) is 37.2 Å². The third kappa shape index (κ3) is 4.30. The third-order valence-electron chi connectivity index (χ3n) is 3.71. The molecule has 11 heteroatoms. The summed E-state index contributed by atoms with van der Waals surface area (Å²) < 4.78 is 5.93. The van der Waals surface area contributed by atoms with Crippen LogP contribution in [0.1, 0.15) is 6.42 Å². The molecule has 0 spiro atoms. The molecule has 3 rings (SSSR count). The summed E-state index contributed by atoms with van der Waals surface area (Å²) in [4.78, 5) is 12.6. The van der Waals surface area contributed by atoms with E-state index in [1.54, 1.807) is 24.3 Å². The van der Waals surface area contributed by atoms with Crippen LogP contribution < -0.4 is 30.7 Å². The lowest BCUT2D eigenvalue weighted by atomic mass is 10.3. The molecular formula is C17H17ClN6O4. The van der Waals surface area contributed by atoms with Crippen LogP contribution in [0.5, 0.6) is 5.75 Å². The summed E-state index contributed by atoms with van der Waals surface area (Å²) >= 11 is 5.97. The van der Waals surface area contributed by atoms with Crippen molar-refractivity contribution in [3.8, 4) is 5.75 Å². The van der Waals surface area contributed by atoms with Gasteiger partial charge in [0.05, 0.1) is 12.3 Å². The Morgan fingerprint density at radius 2 is 1.93 bits per heavy atom. The molecule has 0 aliphatic heterocycles. The predicted octanol–water partition coefficient (Wildman–Crippen LogP) is 1.53. The molecule has 3 aromatic rings. The van der Waals surface area contributed by atoms with Crippen LogP contribution in [0.15, 0.2) is 42.5 Å². The van der Waals surface area contributed by atoms with Crippen LogP contribution >= 0.6 is 11.6 Å². The normalized spacial score (nSPS) is 10.6. The monoisotopic (exact) mass is 404 g/mol. The number of nitrogens with one attached hydrogen (secondary N) is 2. The van der Waals surface area contributed by atoms with Gasteiger partial charge < -0.3 is 20.9 Å². The molecule has 2 aromatic carbocycles. The Bertz CT molecular complexity index is 1020. The Kier molecular flexibility index (Phi) is 5.92. The maximum atomic E-state index is 12.4. The van der Waals surface area contributed by atoms with Gasteiger partial charge in [-0.25, -0.2) is 9.52 Å². The molecule has 0 fully saturated rings. The SMILES string of the molecule is NCCCOc1ccc(Cl)cc1NC(=O)Nc1n[n+]([O-])c2ccccc2[n+]1[O-]. The molecule has 0 saturated heterocycles. The number of hydrogen-bond donors (Lipinski definition) is 3. The van der Waals surface area contributed by atoms with Crippen LogP contribution in [-0.4, -0.2) is 24.3 Å². The van der Waals surface area contributed by atoms with Gasteiger partial charge in [0.2, 0.25) is 5.10 Å². The zero-order chi connectivity index (χ0) is 20.1. The largest absolute Gasteiger partial charge is 0.739 e. The molecule has 0 saturated carbocycles. The van der Waals surface area contributed by atoms with E-state index in [-0.39, 0.29) is 21.6 Å². The van der Waals surface area contributed by atoms with Crippen molar-refractivity contribution < 1.29 is 19.1 Å². The average Bonchev–Trinajstić information content (AvgIpc) is 2.68. The Morgan fingerprint density at radius 3 is 2.68 bits per heavy atom. The van der Waals surface area contributed by atoms with Crippen LogP contribution in [0.3, 0.4) is 0 Å². The van der Waals surface area contributed by atoms with Crippen LogP contribution in [0.2, 0.25) is 5.02 Å². The second-order valence-electron chi connectivity index (χ2n) is 5.69. The van der Waals surface area contributed by atoms with Crippen molar-refractivity contribution in [3.63, 3.8) is 0 Å². The van der Waals surface area contributed by atoms with Crippen LogP contribution in [-0.2, 0) is 0 Å². The number of anilines is 2. The van der Waals surface area contributed by atoms with Crippen LogP contribution in [0.4, 0.5) is 16.4 Å². The molecule has 0 aliphatic carbocycles. The number of hydrogen-bond acceptors (Lipinski definition) is 6. The Morgan fingerprint density at radius 1 is 1.18 bits per heavy atom. The predicted molar refractivity (Wildman–Crippen MR) is 103 cm³/mol. The minimum atomic E-state index is -0.793. The second-order valence-corrected chi connectivity index (χ2v) is 6.13. The zero-order valence-corrected chi connectivity index (χ0v) is 15.3. The average molecular weight is 405 g/mol. The fourth-order valence-electron chi connectivity index (χ4n) is 2.41. The van der Waals surface area contributed by atoms with E-state index >= 15 is 0 Å². The molecule has 0 atom stereocenters. The fourth-order valence-corrected chi connectivity index (χ4v) is 2.59.